The smallest absolute Gasteiger partial charge is 0.242 e. The van der Waals surface area contributed by atoms with Gasteiger partial charge in [0.25, 0.3) is 0 Å². The lowest BCUT2D eigenvalue weighted by atomic mass is 10.1. The quantitative estimate of drug-likeness (QED) is 0.597. The fraction of sp³-hybridized carbons (Fsp3) is 0.429. The van der Waals surface area contributed by atoms with E-state index in [1.807, 2.05) is 39.0 Å². The number of carbonyl (C=O) groups is 1. The predicted octanol–water partition coefficient (Wildman–Crippen LogP) is 1.17. The fourth-order valence-corrected chi connectivity index (χ4v) is 1.73. The Morgan fingerprint density at radius 3 is 2.68 bits per heavy atom. The summed E-state index contributed by atoms with van der Waals surface area (Å²) in [6.07, 6.45) is 1.12. The van der Waals surface area contributed by atoms with E-state index in [4.69, 9.17) is 10.5 Å². The van der Waals surface area contributed by atoms with Crippen molar-refractivity contribution in [1.29, 1.82) is 0 Å². The Morgan fingerprint density at radius 2 is 2.11 bits per heavy atom. The van der Waals surface area contributed by atoms with Crippen LogP contribution in [-0.4, -0.2) is 31.4 Å². The lowest BCUT2D eigenvalue weighted by molar-refractivity contribution is -0.120. The molecule has 1 aromatic carbocycles. The fourth-order valence-electron chi connectivity index (χ4n) is 1.73. The Balaban J connectivity index is 2.46. The number of nitrogens with two attached hydrogens (primary N) is 1. The van der Waals surface area contributed by atoms with Gasteiger partial charge in [0.1, 0.15) is 18.9 Å². The highest BCUT2D eigenvalue weighted by Crippen LogP contribution is 2.22. The van der Waals surface area contributed by atoms with Crippen LogP contribution in [-0.2, 0) is 4.79 Å². The third-order valence-corrected chi connectivity index (χ3v) is 2.63. The molecule has 5 nitrogen and oxygen atoms in total. The van der Waals surface area contributed by atoms with Gasteiger partial charge in [0.15, 0.2) is 0 Å². The number of amides is 1. The molecule has 5 heteroatoms. The Labute approximate surface area is 113 Å². The van der Waals surface area contributed by atoms with E-state index >= 15 is 0 Å². The van der Waals surface area contributed by atoms with Crippen molar-refractivity contribution in [2.75, 3.05) is 13.2 Å². The van der Waals surface area contributed by atoms with Crippen LogP contribution in [0.1, 0.15) is 18.1 Å². The van der Waals surface area contributed by atoms with Crippen molar-refractivity contribution in [2.24, 2.45) is 10.7 Å². The summed E-state index contributed by atoms with van der Waals surface area (Å²) in [5, 5.41) is 2.79. The van der Waals surface area contributed by atoms with Crippen LogP contribution < -0.4 is 15.8 Å². The molecule has 0 spiro atoms. The van der Waals surface area contributed by atoms with Gasteiger partial charge in [0, 0.05) is 0 Å². The number of aliphatic imine (C=N–C) groups is 1. The van der Waals surface area contributed by atoms with Gasteiger partial charge in [-0.05, 0) is 31.9 Å². The maximum atomic E-state index is 11.4. The van der Waals surface area contributed by atoms with Crippen LogP contribution in [0.5, 0.6) is 5.75 Å². The number of benzene rings is 1. The molecule has 3 N–H and O–H groups in total. The highest BCUT2D eigenvalue weighted by atomic mass is 16.5. The van der Waals surface area contributed by atoms with Crippen LogP contribution in [0.3, 0.4) is 0 Å². The number of para-hydroxylation sites is 1. The maximum Gasteiger partial charge on any atom is 0.242 e. The number of hydrogen-bond donors (Lipinski definition) is 2. The van der Waals surface area contributed by atoms with E-state index < -0.39 is 0 Å². The summed E-state index contributed by atoms with van der Waals surface area (Å²) in [4.78, 5) is 15.1. The van der Waals surface area contributed by atoms with Gasteiger partial charge in [-0.2, -0.15) is 0 Å². The van der Waals surface area contributed by atoms with Crippen molar-refractivity contribution in [3.8, 4) is 5.75 Å². The zero-order valence-electron chi connectivity index (χ0n) is 11.6. The topological polar surface area (TPSA) is 76.7 Å². The molecule has 0 heterocycles. The molecule has 0 fully saturated rings. The van der Waals surface area contributed by atoms with Crippen molar-refractivity contribution in [2.45, 2.75) is 26.8 Å². The minimum atomic E-state index is -0.167. The SMILES string of the molecule is Cc1cccc(C)c1OCC(C)NC(=O)CN=CN. The minimum absolute atomic E-state index is 0.0459. The van der Waals surface area contributed by atoms with Gasteiger partial charge in [0.05, 0.1) is 12.4 Å². The van der Waals surface area contributed by atoms with Crippen LogP contribution >= 0.6 is 0 Å². The van der Waals surface area contributed by atoms with Gasteiger partial charge < -0.3 is 15.8 Å². The molecule has 1 amide bonds. The summed E-state index contributed by atoms with van der Waals surface area (Å²) in [7, 11) is 0. The van der Waals surface area contributed by atoms with Gasteiger partial charge in [-0.3, -0.25) is 9.79 Å². The number of rotatable bonds is 6. The van der Waals surface area contributed by atoms with Crippen molar-refractivity contribution in [3.63, 3.8) is 0 Å². The Hall–Kier alpha value is -2.04. The van der Waals surface area contributed by atoms with Crippen molar-refractivity contribution in [3.05, 3.63) is 29.3 Å². The largest absolute Gasteiger partial charge is 0.491 e. The number of ether oxygens (including phenoxy) is 1. The first-order chi connectivity index (χ1) is 9.04. The number of carbonyl (C=O) groups excluding carboxylic acids is 1. The van der Waals surface area contributed by atoms with E-state index in [1.165, 1.54) is 0 Å². The zero-order valence-corrected chi connectivity index (χ0v) is 11.6. The average Bonchev–Trinajstić information content (AvgIpc) is 2.35. The van der Waals surface area contributed by atoms with Crippen molar-refractivity contribution < 1.29 is 9.53 Å². The molecule has 1 unspecified atom stereocenters. The first-order valence-corrected chi connectivity index (χ1v) is 6.23. The second kappa shape index (κ2) is 7.41. The Morgan fingerprint density at radius 1 is 1.47 bits per heavy atom. The van der Waals surface area contributed by atoms with Crippen LogP contribution in [0, 0.1) is 13.8 Å². The first-order valence-electron chi connectivity index (χ1n) is 6.23. The molecular weight excluding hydrogens is 242 g/mol. The predicted molar refractivity (Wildman–Crippen MR) is 76.6 cm³/mol. The molecule has 19 heavy (non-hydrogen) atoms. The molecule has 0 aliphatic heterocycles. The maximum absolute atomic E-state index is 11.4. The molecule has 0 aromatic heterocycles. The number of nitrogens with zero attached hydrogens (tertiary/aromatic N) is 1. The molecule has 0 radical (unpaired) electrons. The van der Waals surface area contributed by atoms with Gasteiger partial charge in [-0.25, -0.2) is 0 Å². The van der Waals surface area contributed by atoms with E-state index in [0.717, 1.165) is 23.2 Å². The van der Waals surface area contributed by atoms with Crippen LogP contribution in [0.25, 0.3) is 0 Å². The standard InChI is InChI=1S/C14H21N3O2/c1-10-5-4-6-11(2)14(10)19-8-12(3)17-13(18)7-16-9-15/h4-6,9,12H,7-8H2,1-3H3,(H2,15,16)(H,17,18). The second-order valence-electron chi connectivity index (χ2n) is 4.49. The van der Waals surface area contributed by atoms with E-state index in [-0.39, 0.29) is 18.5 Å². The Kier molecular flexibility index (Phi) is 5.85. The normalized spacial score (nSPS) is 12.4. The van der Waals surface area contributed by atoms with E-state index in [9.17, 15) is 4.79 Å². The second-order valence-corrected chi connectivity index (χ2v) is 4.49. The summed E-state index contributed by atoms with van der Waals surface area (Å²) in [5.41, 5.74) is 7.26. The average molecular weight is 263 g/mol. The number of nitrogens with one attached hydrogen (secondary N) is 1. The highest BCUT2D eigenvalue weighted by molar-refractivity contribution is 5.79. The molecule has 0 saturated carbocycles. The molecule has 0 bridgehead atoms. The third-order valence-electron chi connectivity index (χ3n) is 2.63. The van der Waals surface area contributed by atoms with E-state index in [2.05, 4.69) is 10.3 Å². The van der Waals surface area contributed by atoms with E-state index in [1.54, 1.807) is 0 Å². The van der Waals surface area contributed by atoms with Gasteiger partial charge in [0.2, 0.25) is 5.91 Å². The van der Waals surface area contributed by atoms with Crippen LogP contribution in [0.2, 0.25) is 0 Å². The summed E-state index contributed by atoms with van der Waals surface area (Å²) in [6, 6.07) is 5.91. The molecule has 0 saturated heterocycles. The summed E-state index contributed by atoms with van der Waals surface area (Å²) in [5.74, 6) is 0.711. The van der Waals surface area contributed by atoms with Crippen LogP contribution in [0.4, 0.5) is 0 Å². The first kappa shape index (κ1) is 15.0. The lowest BCUT2D eigenvalue weighted by Crippen LogP contribution is -2.38. The summed E-state index contributed by atoms with van der Waals surface area (Å²) >= 11 is 0. The minimum Gasteiger partial charge on any atom is -0.491 e. The van der Waals surface area contributed by atoms with Gasteiger partial charge in [-0.15, -0.1) is 0 Å². The highest BCUT2D eigenvalue weighted by Gasteiger charge is 2.09. The Bertz CT molecular complexity index is 438. The van der Waals surface area contributed by atoms with Gasteiger partial charge >= 0.3 is 0 Å². The lowest BCUT2D eigenvalue weighted by Gasteiger charge is -2.17. The van der Waals surface area contributed by atoms with Crippen molar-refractivity contribution >= 4 is 12.2 Å². The van der Waals surface area contributed by atoms with Gasteiger partial charge in [-0.1, -0.05) is 18.2 Å². The molecule has 1 atom stereocenters. The molecule has 0 aliphatic rings. The molecule has 1 rings (SSSR count). The summed E-state index contributed by atoms with van der Waals surface area (Å²) < 4.78 is 5.76. The zero-order chi connectivity index (χ0) is 14.3. The molecule has 1 aromatic rings. The number of aryl methyl sites for hydroxylation is 2. The van der Waals surface area contributed by atoms with E-state index in [0.29, 0.717) is 6.61 Å². The molecular formula is C14H21N3O2. The molecule has 0 aliphatic carbocycles. The van der Waals surface area contributed by atoms with Crippen molar-refractivity contribution in [1.82, 2.24) is 5.32 Å². The third kappa shape index (κ3) is 4.99. The number of hydrogen-bond acceptors (Lipinski definition) is 3. The summed E-state index contributed by atoms with van der Waals surface area (Å²) in [6.45, 7) is 6.36. The molecule has 104 valence electrons. The van der Waals surface area contributed by atoms with Crippen LogP contribution in [0.15, 0.2) is 23.2 Å². The monoisotopic (exact) mass is 263 g/mol.